The van der Waals surface area contributed by atoms with E-state index in [0.717, 1.165) is 7.11 Å². The first-order chi connectivity index (χ1) is 13.3. The van der Waals surface area contributed by atoms with Gasteiger partial charge < -0.3 is 19.5 Å². The highest BCUT2D eigenvalue weighted by molar-refractivity contribution is 5.79. The van der Waals surface area contributed by atoms with Gasteiger partial charge in [-0.15, -0.1) is 0 Å². The average Bonchev–Trinajstić information content (AvgIpc) is 2.64. The molecule has 0 fully saturated rings. The molecule has 146 valence electrons. The quantitative estimate of drug-likeness (QED) is 0.365. The van der Waals surface area contributed by atoms with Crippen LogP contribution in [-0.4, -0.2) is 62.9 Å². The molecule has 0 aromatic rings. The maximum absolute atomic E-state index is 12.1. The maximum Gasteiger partial charge on any atom is 0.322 e. The minimum absolute atomic E-state index is 0.140. The van der Waals surface area contributed by atoms with E-state index in [2.05, 4.69) is 15.4 Å². The second-order valence-electron chi connectivity index (χ2n) is 5.13. The van der Waals surface area contributed by atoms with Crippen molar-refractivity contribution in [2.75, 3.05) is 26.9 Å². The monoisotopic (exact) mass is 364 g/mol. The van der Waals surface area contributed by atoms with Gasteiger partial charge in [-0.25, -0.2) is 0 Å². The lowest BCUT2D eigenvalue weighted by atomic mass is 10.1. The van der Waals surface area contributed by atoms with Crippen LogP contribution < -0.4 is 10.6 Å². The number of hydrogen-bond acceptors (Lipinski definition) is 8. The Morgan fingerprint density at radius 1 is 0.960 bits per heavy atom. The van der Waals surface area contributed by atoms with Gasteiger partial charge in [-0.2, -0.15) is 0 Å². The van der Waals surface area contributed by atoms with Crippen LogP contribution in [0, 0.1) is 0 Å². The van der Waals surface area contributed by atoms with Crippen molar-refractivity contribution >= 4 is 17.9 Å². The number of rotatable bonds is 13. The van der Waals surface area contributed by atoms with Crippen LogP contribution in [0.1, 0.15) is 52.3 Å². The molecule has 8 nitrogen and oxygen atoms in total. The van der Waals surface area contributed by atoms with E-state index in [1.165, 1.54) is 13.8 Å². The second kappa shape index (κ2) is 13.6. The molecule has 2 N–H and O–H groups in total. The van der Waals surface area contributed by atoms with Gasteiger partial charge in [-0.1, -0.05) is 6.37 Å². The Morgan fingerprint density at radius 3 is 2.04 bits per heavy atom. The van der Waals surface area contributed by atoms with Gasteiger partial charge in [0, 0.05) is 5.48 Å². The van der Waals surface area contributed by atoms with E-state index in [-0.39, 0.29) is 13.2 Å². The van der Waals surface area contributed by atoms with Gasteiger partial charge in [0.2, 0.25) is 0 Å². The first-order valence-corrected chi connectivity index (χ1v) is 8.23. The van der Waals surface area contributed by atoms with Crippen molar-refractivity contribution in [3.63, 3.8) is 0 Å². The molecule has 0 heterocycles. The number of esters is 3. The summed E-state index contributed by atoms with van der Waals surface area (Å²) in [6.07, 6.45) is -5.56. The van der Waals surface area contributed by atoms with E-state index >= 15 is 0 Å². The van der Waals surface area contributed by atoms with Crippen molar-refractivity contribution < 1.29 is 34.1 Å². The molecule has 8 heteroatoms. The minimum Gasteiger partial charge on any atom is -0.468 e. The molecule has 0 radical (unpaired) electrons. The van der Waals surface area contributed by atoms with Crippen molar-refractivity contribution in [2.24, 2.45) is 0 Å². The Labute approximate surface area is 155 Å². The third kappa shape index (κ3) is 10.0. The molecule has 0 aromatic heterocycles. The minimum atomic E-state index is -2.51. The van der Waals surface area contributed by atoms with Crippen molar-refractivity contribution in [1.82, 2.24) is 10.6 Å². The van der Waals surface area contributed by atoms with Gasteiger partial charge in [-0.05, 0) is 47.0 Å². The van der Waals surface area contributed by atoms with Crippen LogP contribution in [0.2, 0.25) is 0 Å². The SMILES string of the molecule is [2H]C([2H])(CNC(C)C(=O)OCC)C([2H])([2H])C[C@H](NC(C)C(=O)OCC)C(=O)OC. The number of carbonyl (C=O) groups is 3. The molecule has 3 atom stereocenters. The fourth-order valence-electron chi connectivity index (χ4n) is 1.78. The van der Waals surface area contributed by atoms with Gasteiger partial charge >= 0.3 is 17.9 Å². The third-order valence-electron chi connectivity index (χ3n) is 3.15. The summed E-state index contributed by atoms with van der Waals surface area (Å²) < 4.78 is 46.8. The molecular weight excluding hydrogens is 328 g/mol. The van der Waals surface area contributed by atoms with Gasteiger partial charge in [0.05, 0.1) is 20.3 Å². The van der Waals surface area contributed by atoms with Crippen LogP contribution in [0.3, 0.4) is 0 Å². The molecule has 0 aromatic carbocycles. The van der Waals surface area contributed by atoms with Crippen LogP contribution in [0.4, 0.5) is 0 Å². The first kappa shape index (κ1) is 16.8. The lowest BCUT2D eigenvalue weighted by molar-refractivity contribution is -0.148. The van der Waals surface area contributed by atoms with Crippen LogP contribution in [0.25, 0.3) is 0 Å². The second-order valence-corrected chi connectivity index (χ2v) is 5.13. The van der Waals surface area contributed by atoms with Crippen molar-refractivity contribution in [2.45, 2.75) is 65.0 Å². The maximum atomic E-state index is 12.1. The standard InChI is InChI=1S/C17H32N2O6/c1-6-24-15(20)12(3)18-11-9-8-10-14(17(22)23-5)19-13(4)16(21)25-7-2/h12-14,18-19H,6-11H2,1-5H3/t12?,13?,14-/m0/s1/i8D2,9D2. The van der Waals surface area contributed by atoms with E-state index in [1.54, 1.807) is 13.8 Å². The summed E-state index contributed by atoms with van der Waals surface area (Å²) in [4.78, 5) is 35.5. The first-order valence-electron chi connectivity index (χ1n) is 10.2. The summed E-state index contributed by atoms with van der Waals surface area (Å²) >= 11 is 0. The smallest absolute Gasteiger partial charge is 0.322 e. The predicted molar refractivity (Wildman–Crippen MR) is 93.0 cm³/mol. The molecule has 25 heavy (non-hydrogen) atoms. The lowest BCUT2D eigenvalue weighted by Gasteiger charge is -2.20. The third-order valence-corrected chi connectivity index (χ3v) is 3.15. The molecular formula is C17H32N2O6. The Balaban J connectivity index is 5.20. The summed E-state index contributed by atoms with van der Waals surface area (Å²) in [7, 11) is 1.11. The van der Waals surface area contributed by atoms with E-state index in [0.29, 0.717) is 0 Å². The van der Waals surface area contributed by atoms with E-state index in [4.69, 9.17) is 15.0 Å². The highest BCUT2D eigenvalue weighted by atomic mass is 16.5. The Morgan fingerprint density at radius 2 is 1.52 bits per heavy atom. The van der Waals surface area contributed by atoms with Crippen molar-refractivity contribution in [3.8, 4) is 0 Å². The van der Waals surface area contributed by atoms with Crippen LogP contribution in [-0.2, 0) is 28.6 Å². The molecule has 0 aliphatic rings. The zero-order valence-corrected chi connectivity index (χ0v) is 15.5. The molecule has 2 unspecified atom stereocenters. The van der Waals surface area contributed by atoms with Gasteiger partial charge in [0.1, 0.15) is 18.1 Å². The zero-order chi connectivity index (χ0) is 22.8. The molecule has 0 amide bonds. The number of methoxy groups -OCH3 is 1. The predicted octanol–water partition coefficient (Wildman–Crippen LogP) is 0.781. The number of nitrogens with one attached hydrogen (secondary N) is 2. The molecule has 0 aliphatic carbocycles. The normalized spacial score (nSPS) is 17.8. The van der Waals surface area contributed by atoms with E-state index < -0.39 is 61.7 Å². The van der Waals surface area contributed by atoms with E-state index in [1.807, 2.05) is 0 Å². The van der Waals surface area contributed by atoms with Crippen LogP contribution in [0.15, 0.2) is 0 Å². The molecule has 0 aliphatic heterocycles. The fourth-order valence-corrected chi connectivity index (χ4v) is 1.78. The number of carbonyl (C=O) groups excluding carboxylic acids is 3. The number of ether oxygens (including phenoxy) is 3. The van der Waals surface area contributed by atoms with Gasteiger partial charge in [0.25, 0.3) is 0 Å². The summed E-state index contributed by atoms with van der Waals surface area (Å²) in [6.45, 7) is 6.00. The summed E-state index contributed by atoms with van der Waals surface area (Å²) in [5.74, 6) is -2.05. The zero-order valence-electron chi connectivity index (χ0n) is 19.5. The molecule has 0 bridgehead atoms. The Kier molecular flexibility index (Phi) is 9.13. The Hall–Kier alpha value is -1.67. The fraction of sp³-hybridized carbons (Fsp3) is 0.824. The summed E-state index contributed by atoms with van der Waals surface area (Å²) in [5, 5.41) is 5.24. The topological polar surface area (TPSA) is 103 Å². The lowest BCUT2D eigenvalue weighted by Crippen LogP contribution is -2.46. The van der Waals surface area contributed by atoms with Crippen LogP contribution in [0.5, 0.6) is 0 Å². The highest BCUT2D eigenvalue weighted by Gasteiger charge is 2.24. The average molecular weight is 364 g/mol. The molecule has 0 spiro atoms. The van der Waals surface area contributed by atoms with Crippen LogP contribution >= 0.6 is 0 Å². The summed E-state index contributed by atoms with van der Waals surface area (Å²) in [5.41, 5.74) is 0. The molecule has 0 rings (SSSR count). The highest BCUT2D eigenvalue weighted by Crippen LogP contribution is 2.05. The summed E-state index contributed by atoms with van der Waals surface area (Å²) in [6, 6.07) is -3.05. The van der Waals surface area contributed by atoms with Crippen molar-refractivity contribution in [1.29, 1.82) is 0 Å². The molecule has 0 saturated carbocycles. The van der Waals surface area contributed by atoms with Gasteiger partial charge in [0.15, 0.2) is 0 Å². The van der Waals surface area contributed by atoms with Crippen molar-refractivity contribution in [3.05, 3.63) is 0 Å². The molecule has 0 saturated heterocycles. The largest absolute Gasteiger partial charge is 0.468 e. The van der Waals surface area contributed by atoms with Gasteiger partial charge in [-0.3, -0.25) is 19.7 Å². The number of hydrogen-bond donors (Lipinski definition) is 2. The Bertz CT molecular complexity index is 562. The van der Waals surface area contributed by atoms with E-state index in [9.17, 15) is 14.4 Å².